The standard InChI is InChI=1S/C26H26Cl2FN3O4S/c1-3-23(26(34)30-2)31(16-19-20(27)12-9-13-21(19)28)25(33)17-32(24-15-8-7-14-22(24)29)37(35,36)18-10-5-4-6-11-18/h4-15,23H,3,16-17H2,1-2H3,(H,30,34). The number of sulfonamides is 1. The maximum Gasteiger partial charge on any atom is 0.264 e. The smallest absolute Gasteiger partial charge is 0.264 e. The number of para-hydroxylation sites is 1. The number of hydrogen-bond acceptors (Lipinski definition) is 4. The molecule has 0 fully saturated rings. The van der Waals surface area contributed by atoms with E-state index in [1.807, 2.05) is 0 Å². The van der Waals surface area contributed by atoms with Crippen LogP contribution >= 0.6 is 23.2 Å². The molecule has 0 saturated heterocycles. The number of halogens is 3. The fraction of sp³-hybridized carbons (Fsp3) is 0.231. The first kappa shape index (κ1) is 28.4. The molecule has 1 N–H and O–H groups in total. The van der Waals surface area contributed by atoms with Crippen LogP contribution in [0.5, 0.6) is 0 Å². The molecule has 196 valence electrons. The summed E-state index contributed by atoms with van der Waals surface area (Å²) in [4.78, 5) is 27.6. The molecular weight excluding hydrogens is 540 g/mol. The fourth-order valence-electron chi connectivity index (χ4n) is 3.83. The number of nitrogens with zero attached hydrogens (tertiary/aromatic N) is 2. The summed E-state index contributed by atoms with van der Waals surface area (Å²) < 4.78 is 42.8. The fourth-order valence-corrected chi connectivity index (χ4v) is 5.79. The van der Waals surface area contributed by atoms with Crippen LogP contribution in [-0.4, -0.2) is 44.8 Å². The number of likely N-dealkylation sites (N-methyl/N-ethyl adjacent to an activating group) is 1. The summed E-state index contributed by atoms with van der Waals surface area (Å²) in [5, 5.41) is 3.08. The molecule has 0 spiro atoms. The molecular formula is C26H26Cl2FN3O4S. The topological polar surface area (TPSA) is 86.8 Å². The van der Waals surface area contributed by atoms with Crippen molar-refractivity contribution in [2.75, 3.05) is 17.9 Å². The Morgan fingerprint density at radius 2 is 1.54 bits per heavy atom. The Bertz CT molecular complexity index is 1350. The van der Waals surface area contributed by atoms with Crippen LogP contribution in [0.2, 0.25) is 10.0 Å². The van der Waals surface area contributed by atoms with Gasteiger partial charge in [0.15, 0.2) is 0 Å². The van der Waals surface area contributed by atoms with E-state index in [9.17, 15) is 22.4 Å². The molecule has 0 aliphatic heterocycles. The van der Waals surface area contributed by atoms with Crippen LogP contribution in [0.1, 0.15) is 18.9 Å². The summed E-state index contributed by atoms with van der Waals surface area (Å²) >= 11 is 12.7. The van der Waals surface area contributed by atoms with E-state index in [0.717, 1.165) is 6.07 Å². The number of nitrogens with one attached hydrogen (secondary N) is 1. The lowest BCUT2D eigenvalue weighted by Crippen LogP contribution is -2.52. The van der Waals surface area contributed by atoms with Crippen LogP contribution in [0.3, 0.4) is 0 Å². The van der Waals surface area contributed by atoms with Crippen molar-refractivity contribution in [3.63, 3.8) is 0 Å². The third-order valence-corrected chi connectivity index (χ3v) is 8.24. The predicted molar refractivity (Wildman–Crippen MR) is 143 cm³/mol. The van der Waals surface area contributed by atoms with Gasteiger partial charge < -0.3 is 10.2 Å². The van der Waals surface area contributed by atoms with Gasteiger partial charge in [-0.3, -0.25) is 13.9 Å². The van der Waals surface area contributed by atoms with Crippen LogP contribution in [0.15, 0.2) is 77.7 Å². The molecule has 3 rings (SSSR count). The van der Waals surface area contributed by atoms with Gasteiger partial charge in [0.2, 0.25) is 11.8 Å². The highest BCUT2D eigenvalue weighted by atomic mass is 35.5. The molecule has 0 aliphatic carbocycles. The molecule has 0 bridgehead atoms. The normalized spacial score (nSPS) is 12.0. The summed E-state index contributed by atoms with van der Waals surface area (Å²) in [5.41, 5.74) is 0.0910. The molecule has 0 aromatic heterocycles. The molecule has 1 unspecified atom stereocenters. The quantitative estimate of drug-likeness (QED) is 0.379. The average Bonchev–Trinajstić information content (AvgIpc) is 2.89. The SMILES string of the molecule is CCC(C(=O)NC)N(Cc1c(Cl)cccc1Cl)C(=O)CN(c1ccccc1F)S(=O)(=O)c1ccccc1. The Labute approximate surface area is 225 Å². The van der Waals surface area contributed by atoms with Crippen LogP contribution in [-0.2, 0) is 26.2 Å². The van der Waals surface area contributed by atoms with Crippen LogP contribution in [0.4, 0.5) is 10.1 Å². The van der Waals surface area contributed by atoms with Crippen molar-refractivity contribution in [1.29, 1.82) is 0 Å². The van der Waals surface area contributed by atoms with Gasteiger partial charge in [-0.1, -0.05) is 66.5 Å². The third kappa shape index (κ3) is 6.41. The lowest BCUT2D eigenvalue weighted by molar-refractivity contribution is -0.140. The molecule has 3 aromatic rings. The zero-order valence-electron chi connectivity index (χ0n) is 20.2. The summed E-state index contributed by atoms with van der Waals surface area (Å²) in [5.74, 6) is -2.02. The van der Waals surface area contributed by atoms with E-state index in [2.05, 4.69) is 5.32 Å². The maximum atomic E-state index is 14.9. The van der Waals surface area contributed by atoms with Gasteiger partial charge in [-0.2, -0.15) is 0 Å². The maximum absolute atomic E-state index is 14.9. The zero-order chi connectivity index (χ0) is 27.2. The van der Waals surface area contributed by atoms with Crippen molar-refractivity contribution in [3.8, 4) is 0 Å². The molecule has 3 aromatic carbocycles. The van der Waals surface area contributed by atoms with Gasteiger partial charge in [0, 0.05) is 29.2 Å². The van der Waals surface area contributed by atoms with E-state index in [4.69, 9.17) is 23.2 Å². The number of carbonyl (C=O) groups excluding carboxylic acids is 2. The molecule has 1 atom stereocenters. The minimum atomic E-state index is -4.36. The predicted octanol–water partition coefficient (Wildman–Crippen LogP) is 4.88. The second kappa shape index (κ2) is 12.4. The Hall–Kier alpha value is -3.14. The summed E-state index contributed by atoms with van der Waals surface area (Å²) in [7, 11) is -2.93. The van der Waals surface area contributed by atoms with E-state index < -0.39 is 40.2 Å². The van der Waals surface area contributed by atoms with Crippen molar-refractivity contribution >= 4 is 50.7 Å². The molecule has 0 aliphatic rings. The summed E-state index contributed by atoms with van der Waals surface area (Å²) in [6, 6.07) is 16.5. The van der Waals surface area contributed by atoms with E-state index in [1.54, 1.807) is 31.2 Å². The molecule has 2 amide bonds. The van der Waals surface area contributed by atoms with E-state index in [0.29, 0.717) is 9.87 Å². The van der Waals surface area contributed by atoms with E-state index >= 15 is 0 Å². The van der Waals surface area contributed by atoms with Crippen molar-refractivity contribution in [3.05, 3.63) is 94.2 Å². The first-order valence-corrected chi connectivity index (χ1v) is 13.6. The number of carbonyl (C=O) groups is 2. The van der Waals surface area contributed by atoms with Crippen LogP contribution < -0.4 is 9.62 Å². The number of amides is 2. The average molecular weight is 566 g/mol. The van der Waals surface area contributed by atoms with Gasteiger partial charge in [0.25, 0.3) is 10.0 Å². The van der Waals surface area contributed by atoms with Gasteiger partial charge in [0.1, 0.15) is 18.4 Å². The summed E-state index contributed by atoms with van der Waals surface area (Å²) in [6.45, 7) is 0.775. The number of rotatable bonds is 10. The van der Waals surface area contributed by atoms with Crippen molar-refractivity contribution in [2.24, 2.45) is 0 Å². The van der Waals surface area contributed by atoms with E-state index in [1.165, 1.54) is 54.4 Å². The van der Waals surface area contributed by atoms with Gasteiger partial charge in [0.05, 0.1) is 10.6 Å². The lowest BCUT2D eigenvalue weighted by atomic mass is 10.1. The molecule has 37 heavy (non-hydrogen) atoms. The first-order chi connectivity index (χ1) is 17.6. The second-order valence-electron chi connectivity index (χ2n) is 8.04. The van der Waals surface area contributed by atoms with Gasteiger partial charge >= 0.3 is 0 Å². The Kier molecular flexibility index (Phi) is 9.53. The van der Waals surface area contributed by atoms with Gasteiger partial charge in [-0.05, 0) is 42.8 Å². The Balaban J connectivity index is 2.10. The summed E-state index contributed by atoms with van der Waals surface area (Å²) in [6.07, 6.45) is 0.221. The highest BCUT2D eigenvalue weighted by molar-refractivity contribution is 7.92. The highest BCUT2D eigenvalue weighted by Gasteiger charge is 2.34. The molecule has 0 saturated carbocycles. The molecule has 11 heteroatoms. The first-order valence-electron chi connectivity index (χ1n) is 11.4. The van der Waals surface area contributed by atoms with E-state index in [-0.39, 0.29) is 33.6 Å². The molecule has 7 nitrogen and oxygen atoms in total. The van der Waals surface area contributed by atoms with Crippen molar-refractivity contribution in [1.82, 2.24) is 10.2 Å². The Morgan fingerprint density at radius 3 is 2.11 bits per heavy atom. The minimum Gasteiger partial charge on any atom is -0.357 e. The van der Waals surface area contributed by atoms with Crippen LogP contribution in [0, 0.1) is 5.82 Å². The minimum absolute atomic E-state index is 0.120. The molecule has 0 heterocycles. The Morgan fingerprint density at radius 1 is 0.946 bits per heavy atom. The van der Waals surface area contributed by atoms with Gasteiger partial charge in [-0.15, -0.1) is 0 Å². The largest absolute Gasteiger partial charge is 0.357 e. The molecule has 0 radical (unpaired) electrons. The highest BCUT2D eigenvalue weighted by Crippen LogP contribution is 2.29. The third-order valence-electron chi connectivity index (χ3n) is 5.75. The lowest BCUT2D eigenvalue weighted by Gasteiger charge is -2.33. The van der Waals surface area contributed by atoms with Crippen LogP contribution in [0.25, 0.3) is 0 Å². The zero-order valence-corrected chi connectivity index (χ0v) is 22.5. The number of hydrogen-bond donors (Lipinski definition) is 1. The monoisotopic (exact) mass is 565 g/mol. The van der Waals surface area contributed by atoms with Crippen molar-refractivity contribution < 1.29 is 22.4 Å². The number of benzene rings is 3. The van der Waals surface area contributed by atoms with Gasteiger partial charge in [-0.25, -0.2) is 12.8 Å². The second-order valence-corrected chi connectivity index (χ2v) is 10.7. The van der Waals surface area contributed by atoms with Crippen molar-refractivity contribution in [2.45, 2.75) is 30.8 Å². The number of anilines is 1.